The molecule has 4 nitrogen and oxygen atoms in total. The topological polar surface area (TPSA) is 49.8 Å². The van der Waals surface area contributed by atoms with Gasteiger partial charge in [0.2, 0.25) is 0 Å². The van der Waals surface area contributed by atoms with Crippen molar-refractivity contribution in [1.29, 1.82) is 0 Å². The number of amides is 1. The first-order valence-corrected chi connectivity index (χ1v) is 4.54. The molecular formula is C9H17NO3. The minimum Gasteiger partial charge on any atom is -0.465 e. The molecule has 0 radical (unpaired) electrons. The highest BCUT2D eigenvalue weighted by molar-refractivity contribution is 5.66. The van der Waals surface area contributed by atoms with E-state index in [1.807, 2.05) is 13.8 Å². The second-order valence-electron chi connectivity index (χ2n) is 3.94. The summed E-state index contributed by atoms with van der Waals surface area (Å²) in [6, 6.07) is -0.00463. The average Bonchev–Trinajstić information content (AvgIpc) is 2.52. The molecule has 1 heterocycles. The molecule has 0 unspecified atom stereocenters. The summed E-state index contributed by atoms with van der Waals surface area (Å²) in [5, 5.41) is 8.91. The predicted octanol–water partition coefficient (Wildman–Crippen LogP) is 1.55. The molecule has 0 aromatic carbocycles. The second-order valence-corrected chi connectivity index (χ2v) is 3.94. The molecule has 1 amide bonds. The van der Waals surface area contributed by atoms with Gasteiger partial charge in [-0.25, -0.2) is 4.79 Å². The van der Waals surface area contributed by atoms with Gasteiger partial charge >= 0.3 is 6.09 Å². The lowest BCUT2D eigenvalue weighted by atomic mass is 9.96. The van der Waals surface area contributed by atoms with Crippen molar-refractivity contribution >= 4 is 6.09 Å². The Morgan fingerprint density at radius 1 is 1.62 bits per heavy atom. The van der Waals surface area contributed by atoms with Crippen LogP contribution in [0.2, 0.25) is 0 Å². The summed E-state index contributed by atoms with van der Waals surface area (Å²) in [7, 11) is 1.62. The maximum Gasteiger partial charge on any atom is 0.407 e. The maximum atomic E-state index is 10.8. The van der Waals surface area contributed by atoms with Crippen molar-refractivity contribution in [1.82, 2.24) is 4.90 Å². The van der Waals surface area contributed by atoms with Crippen LogP contribution in [0.3, 0.4) is 0 Å². The van der Waals surface area contributed by atoms with E-state index in [9.17, 15) is 4.79 Å². The van der Waals surface area contributed by atoms with Gasteiger partial charge in [-0.1, -0.05) is 0 Å². The molecule has 76 valence electrons. The van der Waals surface area contributed by atoms with Crippen LogP contribution in [0.5, 0.6) is 0 Å². The minimum absolute atomic E-state index is 0.00463. The van der Waals surface area contributed by atoms with E-state index in [1.165, 1.54) is 4.90 Å². The monoisotopic (exact) mass is 187 g/mol. The molecule has 4 heteroatoms. The Balaban J connectivity index is 2.73. The standard InChI is InChI=1S/C9H17NO3/c1-9(2,13-3)7-5-4-6-10(7)8(11)12/h7H,4-6H2,1-3H3,(H,11,12)/t7-/m0/s1. The number of carboxylic acid groups (broad SMARTS) is 1. The zero-order valence-corrected chi connectivity index (χ0v) is 8.41. The van der Waals surface area contributed by atoms with Crippen molar-refractivity contribution in [2.75, 3.05) is 13.7 Å². The van der Waals surface area contributed by atoms with E-state index >= 15 is 0 Å². The second kappa shape index (κ2) is 3.54. The van der Waals surface area contributed by atoms with Gasteiger partial charge in [0.25, 0.3) is 0 Å². The molecule has 1 atom stereocenters. The van der Waals surface area contributed by atoms with Gasteiger partial charge < -0.3 is 14.7 Å². The van der Waals surface area contributed by atoms with Crippen LogP contribution in [-0.4, -0.2) is 41.4 Å². The number of hydrogen-bond acceptors (Lipinski definition) is 2. The van der Waals surface area contributed by atoms with Crippen molar-refractivity contribution < 1.29 is 14.6 Å². The van der Waals surface area contributed by atoms with Crippen LogP contribution in [0.15, 0.2) is 0 Å². The number of methoxy groups -OCH3 is 1. The largest absolute Gasteiger partial charge is 0.465 e. The molecule has 0 saturated carbocycles. The van der Waals surface area contributed by atoms with Crippen molar-refractivity contribution in [3.63, 3.8) is 0 Å². The van der Waals surface area contributed by atoms with Crippen LogP contribution in [0, 0.1) is 0 Å². The average molecular weight is 187 g/mol. The number of carbonyl (C=O) groups is 1. The van der Waals surface area contributed by atoms with Gasteiger partial charge in [-0.3, -0.25) is 0 Å². The van der Waals surface area contributed by atoms with Gasteiger partial charge in [-0.2, -0.15) is 0 Å². The molecule has 0 aromatic rings. The number of nitrogens with zero attached hydrogens (tertiary/aromatic N) is 1. The number of ether oxygens (including phenoxy) is 1. The third-order valence-electron chi connectivity index (χ3n) is 2.83. The molecule has 0 aromatic heterocycles. The fraction of sp³-hybridized carbons (Fsp3) is 0.889. The van der Waals surface area contributed by atoms with Crippen LogP contribution in [0.4, 0.5) is 4.79 Å². The molecule has 1 rings (SSSR count). The van der Waals surface area contributed by atoms with Gasteiger partial charge in [-0.15, -0.1) is 0 Å². The Bertz CT molecular complexity index is 203. The molecule has 0 bridgehead atoms. The predicted molar refractivity (Wildman–Crippen MR) is 48.8 cm³/mol. The first-order chi connectivity index (χ1) is 5.99. The summed E-state index contributed by atoms with van der Waals surface area (Å²) in [6.45, 7) is 4.49. The van der Waals surface area contributed by atoms with Crippen molar-refractivity contribution in [3.8, 4) is 0 Å². The van der Waals surface area contributed by atoms with Crippen molar-refractivity contribution in [2.45, 2.75) is 38.3 Å². The summed E-state index contributed by atoms with van der Waals surface area (Å²) < 4.78 is 5.30. The quantitative estimate of drug-likeness (QED) is 0.713. The molecule has 13 heavy (non-hydrogen) atoms. The number of likely N-dealkylation sites (tertiary alicyclic amines) is 1. The lowest BCUT2D eigenvalue weighted by Gasteiger charge is -2.35. The van der Waals surface area contributed by atoms with Gasteiger partial charge in [0.15, 0.2) is 0 Å². The Kier molecular flexibility index (Phi) is 2.81. The van der Waals surface area contributed by atoms with Crippen LogP contribution in [0.1, 0.15) is 26.7 Å². The van der Waals surface area contributed by atoms with E-state index in [4.69, 9.17) is 9.84 Å². The van der Waals surface area contributed by atoms with E-state index in [2.05, 4.69) is 0 Å². The minimum atomic E-state index is -0.840. The zero-order chi connectivity index (χ0) is 10.1. The molecule has 1 aliphatic rings. The summed E-state index contributed by atoms with van der Waals surface area (Å²) in [5.74, 6) is 0. The molecule has 1 N–H and O–H groups in total. The van der Waals surface area contributed by atoms with Crippen LogP contribution in [0.25, 0.3) is 0 Å². The van der Waals surface area contributed by atoms with Crippen molar-refractivity contribution in [3.05, 3.63) is 0 Å². The smallest absolute Gasteiger partial charge is 0.407 e. The summed E-state index contributed by atoms with van der Waals surface area (Å²) in [4.78, 5) is 12.3. The van der Waals surface area contributed by atoms with Gasteiger partial charge in [0, 0.05) is 13.7 Å². The van der Waals surface area contributed by atoms with Crippen molar-refractivity contribution in [2.24, 2.45) is 0 Å². The maximum absolute atomic E-state index is 10.8. The van der Waals surface area contributed by atoms with E-state index in [-0.39, 0.29) is 11.6 Å². The first-order valence-electron chi connectivity index (χ1n) is 4.54. The van der Waals surface area contributed by atoms with Crippen LogP contribution >= 0.6 is 0 Å². The molecule has 0 aliphatic carbocycles. The van der Waals surface area contributed by atoms with E-state index < -0.39 is 6.09 Å². The highest BCUT2D eigenvalue weighted by Crippen LogP contribution is 2.28. The van der Waals surface area contributed by atoms with Gasteiger partial charge in [0.1, 0.15) is 0 Å². The van der Waals surface area contributed by atoms with E-state index in [0.717, 1.165) is 12.8 Å². The number of rotatable bonds is 2. The highest BCUT2D eigenvalue weighted by Gasteiger charge is 2.39. The SMILES string of the molecule is COC(C)(C)[C@@H]1CCCN1C(=O)O. The Labute approximate surface area is 78.5 Å². The van der Waals surface area contributed by atoms with Crippen LogP contribution in [-0.2, 0) is 4.74 Å². The highest BCUT2D eigenvalue weighted by atomic mass is 16.5. The van der Waals surface area contributed by atoms with Gasteiger partial charge in [-0.05, 0) is 26.7 Å². The molecule has 0 spiro atoms. The third-order valence-corrected chi connectivity index (χ3v) is 2.83. The fourth-order valence-electron chi connectivity index (χ4n) is 1.85. The normalized spacial score (nSPS) is 23.6. The lowest BCUT2D eigenvalue weighted by molar-refractivity contribution is -0.0351. The van der Waals surface area contributed by atoms with E-state index in [0.29, 0.717) is 6.54 Å². The first kappa shape index (κ1) is 10.3. The lowest BCUT2D eigenvalue weighted by Crippen LogP contribution is -2.48. The Hall–Kier alpha value is -0.770. The van der Waals surface area contributed by atoms with Gasteiger partial charge in [0.05, 0.1) is 11.6 Å². The Morgan fingerprint density at radius 2 is 2.23 bits per heavy atom. The molecule has 1 aliphatic heterocycles. The Morgan fingerprint density at radius 3 is 2.69 bits per heavy atom. The number of hydrogen-bond donors (Lipinski definition) is 1. The zero-order valence-electron chi connectivity index (χ0n) is 8.41. The van der Waals surface area contributed by atoms with Crippen LogP contribution < -0.4 is 0 Å². The summed E-state index contributed by atoms with van der Waals surface area (Å²) in [6.07, 6.45) is 0.990. The fourth-order valence-corrected chi connectivity index (χ4v) is 1.85. The summed E-state index contributed by atoms with van der Waals surface area (Å²) >= 11 is 0. The molecular weight excluding hydrogens is 170 g/mol. The summed E-state index contributed by atoms with van der Waals surface area (Å²) in [5.41, 5.74) is -0.380. The molecule has 1 fully saturated rings. The van der Waals surface area contributed by atoms with E-state index in [1.54, 1.807) is 7.11 Å². The molecule has 1 saturated heterocycles. The third kappa shape index (κ3) is 1.94.